The van der Waals surface area contributed by atoms with Gasteiger partial charge >= 0.3 is 0 Å². The van der Waals surface area contributed by atoms with E-state index in [1.807, 2.05) is 6.07 Å². The van der Waals surface area contributed by atoms with Crippen molar-refractivity contribution in [2.75, 3.05) is 0 Å². The summed E-state index contributed by atoms with van der Waals surface area (Å²) in [4.78, 5) is 0. The van der Waals surface area contributed by atoms with Crippen molar-refractivity contribution in [3.8, 4) is 0 Å². The lowest BCUT2D eigenvalue weighted by Gasteiger charge is -2.05. The van der Waals surface area contributed by atoms with Crippen LogP contribution in [0.3, 0.4) is 0 Å². The molecule has 1 aromatic rings. The van der Waals surface area contributed by atoms with Gasteiger partial charge in [0.15, 0.2) is 0 Å². The van der Waals surface area contributed by atoms with Crippen LogP contribution in [0.15, 0.2) is 60.2 Å². The molecule has 1 aromatic carbocycles. The van der Waals surface area contributed by atoms with Crippen LogP contribution in [0.4, 0.5) is 0 Å². The number of allylic oxidation sites excluding steroid dienone is 5. The van der Waals surface area contributed by atoms with Gasteiger partial charge in [-0.3, -0.25) is 0 Å². The fourth-order valence-corrected chi connectivity index (χ4v) is 1.73. The van der Waals surface area contributed by atoms with E-state index in [4.69, 9.17) is 0 Å². The molecule has 0 nitrogen and oxygen atoms in total. The Kier molecular flexibility index (Phi) is 3.56. The van der Waals surface area contributed by atoms with Crippen LogP contribution in [-0.4, -0.2) is 0 Å². The summed E-state index contributed by atoms with van der Waals surface area (Å²) in [5.41, 5.74) is 2.81. The average molecular weight is 196 g/mol. The molecule has 0 fully saturated rings. The maximum Gasteiger partial charge on any atom is -0.0132 e. The van der Waals surface area contributed by atoms with Crippen LogP contribution in [0.25, 0.3) is 6.08 Å². The SMILES string of the molecule is C1=CCCC(C/C=C/c2ccccc2)=C1. The highest BCUT2D eigenvalue weighted by molar-refractivity contribution is 5.49. The second-order valence-electron chi connectivity index (χ2n) is 3.81. The lowest BCUT2D eigenvalue weighted by atomic mass is 10.0. The largest absolute Gasteiger partial charge is 0.0842 e. The molecule has 1 aliphatic rings. The molecule has 0 saturated heterocycles. The first-order valence-electron chi connectivity index (χ1n) is 5.51. The Balaban J connectivity index is 1.90. The minimum Gasteiger partial charge on any atom is -0.0842 e. The molecule has 0 saturated carbocycles. The van der Waals surface area contributed by atoms with Gasteiger partial charge in [0.25, 0.3) is 0 Å². The Morgan fingerprint density at radius 3 is 2.73 bits per heavy atom. The maximum atomic E-state index is 2.25. The molecule has 0 N–H and O–H groups in total. The van der Waals surface area contributed by atoms with Crippen LogP contribution >= 0.6 is 0 Å². The zero-order valence-corrected chi connectivity index (χ0v) is 8.89. The van der Waals surface area contributed by atoms with E-state index in [1.54, 1.807) is 0 Å². The van der Waals surface area contributed by atoms with Crippen LogP contribution in [0, 0.1) is 0 Å². The van der Waals surface area contributed by atoms with E-state index in [2.05, 4.69) is 54.6 Å². The first-order chi connectivity index (χ1) is 7.45. The fraction of sp³-hybridized carbons (Fsp3) is 0.200. The van der Waals surface area contributed by atoms with E-state index in [1.165, 1.54) is 24.0 Å². The van der Waals surface area contributed by atoms with Gasteiger partial charge < -0.3 is 0 Å². The lowest BCUT2D eigenvalue weighted by molar-refractivity contribution is 0.926. The highest BCUT2D eigenvalue weighted by atomic mass is 14.0. The van der Waals surface area contributed by atoms with Gasteiger partial charge in [0.05, 0.1) is 0 Å². The summed E-state index contributed by atoms with van der Waals surface area (Å²) in [6.07, 6.45) is 14.6. The molecule has 2 rings (SSSR count). The van der Waals surface area contributed by atoms with Gasteiger partial charge in [-0.05, 0) is 24.8 Å². The predicted molar refractivity (Wildman–Crippen MR) is 66.6 cm³/mol. The standard InChI is InChI=1S/C15H16/c1-3-8-14(9-4-1)12-7-13-15-10-5-2-6-11-15/h1-5,7-10,12H,6,11,13H2/b12-7+. The Hall–Kier alpha value is -1.56. The van der Waals surface area contributed by atoms with E-state index < -0.39 is 0 Å². The molecule has 1 aliphatic carbocycles. The summed E-state index contributed by atoms with van der Waals surface area (Å²) in [5, 5.41) is 0. The Labute approximate surface area is 91.6 Å². The molecule has 0 radical (unpaired) electrons. The molecule has 0 aliphatic heterocycles. The molecular weight excluding hydrogens is 180 g/mol. The summed E-state index contributed by atoms with van der Waals surface area (Å²) >= 11 is 0. The Morgan fingerprint density at radius 2 is 2.00 bits per heavy atom. The normalized spacial score (nSPS) is 15.6. The first kappa shape index (κ1) is 9.97. The van der Waals surface area contributed by atoms with Crippen LogP contribution in [0.1, 0.15) is 24.8 Å². The van der Waals surface area contributed by atoms with Gasteiger partial charge in [-0.15, -0.1) is 0 Å². The van der Waals surface area contributed by atoms with Gasteiger partial charge in [-0.25, -0.2) is 0 Å². The molecule has 0 spiro atoms. The van der Waals surface area contributed by atoms with Crippen LogP contribution in [-0.2, 0) is 0 Å². The minimum absolute atomic E-state index is 1.08. The van der Waals surface area contributed by atoms with Crippen molar-refractivity contribution >= 4 is 6.08 Å². The van der Waals surface area contributed by atoms with Crippen LogP contribution in [0.5, 0.6) is 0 Å². The fourth-order valence-electron chi connectivity index (χ4n) is 1.73. The third-order valence-corrected chi connectivity index (χ3v) is 2.59. The maximum absolute atomic E-state index is 2.25. The highest BCUT2D eigenvalue weighted by Gasteiger charge is 1.96. The van der Waals surface area contributed by atoms with Gasteiger partial charge in [-0.1, -0.05) is 66.3 Å². The van der Waals surface area contributed by atoms with Crippen molar-refractivity contribution in [3.63, 3.8) is 0 Å². The van der Waals surface area contributed by atoms with Crippen molar-refractivity contribution in [2.24, 2.45) is 0 Å². The van der Waals surface area contributed by atoms with Crippen LogP contribution < -0.4 is 0 Å². The predicted octanol–water partition coefficient (Wildman–Crippen LogP) is 4.37. The van der Waals surface area contributed by atoms with Crippen molar-refractivity contribution in [1.82, 2.24) is 0 Å². The van der Waals surface area contributed by atoms with Crippen molar-refractivity contribution in [1.29, 1.82) is 0 Å². The summed E-state index contributed by atoms with van der Waals surface area (Å²) in [6.45, 7) is 0. The molecule has 0 atom stereocenters. The second-order valence-corrected chi connectivity index (χ2v) is 3.81. The molecule has 0 heterocycles. The molecule has 76 valence electrons. The van der Waals surface area contributed by atoms with Crippen molar-refractivity contribution in [2.45, 2.75) is 19.3 Å². The quantitative estimate of drug-likeness (QED) is 0.673. The zero-order chi connectivity index (χ0) is 10.3. The number of benzene rings is 1. The summed E-state index contributed by atoms with van der Waals surface area (Å²) in [6, 6.07) is 10.5. The van der Waals surface area contributed by atoms with Crippen molar-refractivity contribution in [3.05, 3.63) is 65.8 Å². The molecule has 0 heteroatoms. The minimum atomic E-state index is 1.08. The third-order valence-electron chi connectivity index (χ3n) is 2.59. The molecular formula is C15H16. The Bertz CT molecular complexity index is 380. The molecule has 0 bridgehead atoms. The third kappa shape index (κ3) is 3.25. The zero-order valence-electron chi connectivity index (χ0n) is 8.89. The van der Waals surface area contributed by atoms with Gasteiger partial charge in [0, 0.05) is 0 Å². The van der Waals surface area contributed by atoms with Gasteiger partial charge in [0.1, 0.15) is 0 Å². The number of hydrogen-bond acceptors (Lipinski definition) is 0. The van der Waals surface area contributed by atoms with Crippen LogP contribution in [0.2, 0.25) is 0 Å². The molecule has 0 amide bonds. The van der Waals surface area contributed by atoms with E-state index in [9.17, 15) is 0 Å². The number of hydrogen-bond donors (Lipinski definition) is 0. The van der Waals surface area contributed by atoms with Crippen molar-refractivity contribution < 1.29 is 0 Å². The van der Waals surface area contributed by atoms with Gasteiger partial charge in [0.2, 0.25) is 0 Å². The van der Waals surface area contributed by atoms with E-state index >= 15 is 0 Å². The molecule has 0 aromatic heterocycles. The van der Waals surface area contributed by atoms with E-state index in [-0.39, 0.29) is 0 Å². The highest BCUT2D eigenvalue weighted by Crippen LogP contribution is 2.16. The average Bonchev–Trinajstić information content (AvgIpc) is 2.32. The summed E-state index contributed by atoms with van der Waals surface area (Å²) in [7, 11) is 0. The van der Waals surface area contributed by atoms with E-state index in [0.29, 0.717) is 0 Å². The topological polar surface area (TPSA) is 0 Å². The first-order valence-corrected chi connectivity index (χ1v) is 5.51. The monoisotopic (exact) mass is 196 g/mol. The van der Waals surface area contributed by atoms with Gasteiger partial charge in [-0.2, -0.15) is 0 Å². The number of rotatable bonds is 3. The smallest absolute Gasteiger partial charge is 0.0132 e. The second kappa shape index (κ2) is 5.35. The lowest BCUT2D eigenvalue weighted by Crippen LogP contribution is -1.84. The summed E-state index contributed by atoms with van der Waals surface area (Å²) < 4.78 is 0. The molecule has 0 unspecified atom stereocenters. The Morgan fingerprint density at radius 1 is 1.13 bits per heavy atom. The van der Waals surface area contributed by atoms with E-state index in [0.717, 1.165) is 6.42 Å². The summed E-state index contributed by atoms with van der Waals surface area (Å²) in [5.74, 6) is 0. The molecule has 15 heavy (non-hydrogen) atoms.